The molecule has 0 saturated heterocycles. The Bertz CT molecular complexity index is 546. The molecular weight excluding hydrogens is 278 g/mol. The standard InChI is InChI=1S/C11H14ClNO4S/c1-8-13(5-2-6-18(14,15)16)10-7-9(12)3-4-11(10)17-8/h3-4,7-8H,2,5-6H2,1H3,(H,14,15,16)/p-1. The Labute approximate surface area is 111 Å². The molecule has 18 heavy (non-hydrogen) atoms. The zero-order valence-corrected chi connectivity index (χ0v) is 11.4. The van der Waals surface area contributed by atoms with Crippen LogP contribution in [0.1, 0.15) is 13.3 Å². The summed E-state index contributed by atoms with van der Waals surface area (Å²) in [6.07, 6.45) is 0.0821. The first kappa shape index (κ1) is 13.5. The molecule has 7 heteroatoms. The number of nitrogens with zero attached hydrogens (tertiary/aromatic N) is 1. The van der Waals surface area contributed by atoms with E-state index in [2.05, 4.69) is 0 Å². The van der Waals surface area contributed by atoms with Crippen LogP contribution in [0, 0.1) is 0 Å². The SMILES string of the molecule is CC1Oc2ccc(Cl)cc2N1CCCS(=O)(=O)[O-]. The lowest BCUT2D eigenvalue weighted by Gasteiger charge is -2.22. The predicted octanol–water partition coefficient (Wildman–Crippen LogP) is 1.82. The van der Waals surface area contributed by atoms with E-state index in [-0.39, 0.29) is 18.4 Å². The van der Waals surface area contributed by atoms with Crippen LogP contribution in [0.15, 0.2) is 18.2 Å². The quantitative estimate of drug-likeness (QED) is 0.791. The monoisotopic (exact) mass is 290 g/mol. The second-order valence-corrected chi connectivity index (χ2v) is 6.10. The van der Waals surface area contributed by atoms with Crippen molar-refractivity contribution in [2.24, 2.45) is 0 Å². The lowest BCUT2D eigenvalue weighted by molar-refractivity contribution is 0.244. The van der Waals surface area contributed by atoms with Gasteiger partial charge in [0.1, 0.15) is 5.75 Å². The third kappa shape index (κ3) is 3.07. The minimum atomic E-state index is -4.16. The van der Waals surface area contributed by atoms with Gasteiger partial charge in [0.2, 0.25) is 0 Å². The molecule has 0 aromatic heterocycles. The number of hydrogen-bond acceptors (Lipinski definition) is 5. The fourth-order valence-electron chi connectivity index (χ4n) is 1.97. The van der Waals surface area contributed by atoms with Crippen molar-refractivity contribution in [3.8, 4) is 5.75 Å². The molecule has 0 bridgehead atoms. The van der Waals surface area contributed by atoms with Crippen LogP contribution < -0.4 is 9.64 Å². The van der Waals surface area contributed by atoms with Gasteiger partial charge in [0.05, 0.1) is 15.8 Å². The zero-order chi connectivity index (χ0) is 13.3. The minimum absolute atomic E-state index is 0.187. The molecule has 100 valence electrons. The molecule has 1 heterocycles. The fourth-order valence-corrected chi connectivity index (χ4v) is 2.62. The third-order valence-corrected chi connectivity index (χ3v) is 3.78. The Morgan fingerprint density at radius 2 is 2.22 bits per heavy atom. The van der Waals surface area contributed by atoms with Gasteiger partial charge in [-0.15, -0.1) is 0 Å². The summed E-state index contributed by atoms with van der Waals surface area (Å²) in [5, 5.41) is 0.591. The molecule has 1 aromatic rings. The first-order valence-corrected chi connectivity index (χ1v) is 7.49. The topological polar surface area (TPSA) is 69.7 Å². The summed E-state index contributed by atoms with van der Waals surface area (Å²) < 4.78 is 37.3. The van der Waals surface area contributed by atoms with E-state index in [1.807, 2.05) is 11.8 Å². The molecule has 0 spiro atoms. The van der Waals surface area contributed by atoms with Crippen molar-refractivity contribution < 1.29 is 17.7 Å². The number of fused-ring (bicyclic) bond motifs is 1. The Kier molecular flexibility index (Phi) is 3.70. The number of hydrogen-bond donors (Lipinski definition) is 0. The van der Waals surface area contributed by atoms with Crippen molar-refractivity contribution in [3.05, 3.63) is 23.2 Å². The molecule has 0 aliphatic carbocycles. The summed E-state index contributed by atoms with van der Waals surface area (Å²) in [7, 11) is -4.16. The summed E-state index contributed by atoms with van der Waals surface area (Å²) in [4.78, 5) is 1.90. The number of anilines is 1. The predicted molar refractivity (Wildman–Crippen MR) is 68.1 cm³/mol. The van der Waals surface area contributed by atoms with Gasteiger partial charge in [-0.05, 0) is 31.5 Å². The second-order valence-electron chi connectivity index (χ2n) is 4.14. The zero-order valence-electron chi connectivity index (χ0n) is 9.80. The van der Waals surface area contributed by atoms with Crippen LogP contribution in [0.3, 0.4) is 0 Å². The second kappa shape index (κ2) is 4.95. The van der Waals surface area contributed by atoms with E-state index in [1.165, 1.54) is 0 Å². The number of benzene rings is 1. The molecule has 1 atom stereocenters. The van der Waals surface area contributed by atoms with E-state index < -0.39 is 10.1 Å². The van der Waals surface area contributed by atoms with Crippen LogP contribution in [-0.2, 0) is 10.1 Å². The van der Waals surface area contributed by atoms with Crippen LogP contribution in [0.4, 0.5) is 5.69 Å². The molecule has 5 nitrogen and oxygen atoms in total. The largest absolute Gasteiger partial charge is 0.748 e. The van der Waals surface area contributed by atoms with Gasteiger partial charge in [-0.3, -0.25) is 0 Å². The van der Waals surface area contributed by atoms with Crippen molar-refractivity contribution in [1.29, 1.82) is 0 Å². The van der Waals surface area contributed by atoms with Crippen LogP contribution in [-0.4, -0.2) is 31.5 Å². The van der Waals surface area contributed by atoms with Crippen molar-refractivity contribution in [2.75, 3.05) is 17.2 Å². The smallest absolute Gasteiger partial charge is 0.169 e. The third-order valence-electron chi connectivity index (χ3n) is 2.76. The Morgan fingerprint density at radius 3 is 2.89 bits per heavy atom. The van der Waals surface area contributed by atoms with Gasteiger partial charge in [-0.2, -0.15) is 0 Å². The summed E-state index contributed by atoms with van der Waals surface area (Å²) in [6, 6.07) is 5.28. The first-order chi connectivity index (χ1) is 8.37. The molecule has 1 aliphatic rings. The Balaban J connectivity index is 2.08. The summed E-state index contributed by atoms with van der Waals surface area (Å²) in [5.74, 6) is 0.350. The molecule has 2 rings (SSSR count). The molecule has 1 unspecified atom stereocenters. The van der Waals surface area contributed by atoms with E-state index in [1.54, 1.807) is 18.2 Å². The molecule has 1 aromatic carbocycles. The molecule has 0 fully saturated rings. The summed E-state index contributed by atoms with van der Waals surface area (Å²) in [5.41, 5.74) is 0.832. The van der Waals surface area contributed by atoms with Crippen LogP contribution >= 0.6 is 11.6 Å². The first-order valence-electron chi connectivity index (χ1n) is 5.53. The highest BCUT2D eigenvalue weighted by Gasteiger charge is 2.27. The molecule has 0 amide bonds. The summed E-state index contributed by atoms with van der Waals surface area (Å²) in [6.45, 7) is 2.30. The van der Waals surface area contributed by atoms with Gasteiger partial charge >= 0.3 is 0 Å². The van der Waals surface area contributed by atoms with Crippen LogP contribution in [0.5, 0.6) is 5.75 Å². The van der Waals surface area contributed by atoms with E-state index in [4.69, 9.17) is 16.3 Å². The maximum atomic E-state index is 10.6. The highest BCUT2D eigenvalue weighted by atomic mass is 35.5. The van der Waals surface area contributed by atoms with Crippen molar-refractivity contribution >= 4 is 27.4 Å². The molecule has 1 aliphatic heterocycles. The minimum Gasteiger partial charge on any atom is -0.748 e. The highest BCUT2D eigenvalue weighted by Crippen LogP contribution is 2.38. The van der Waals surface area contributed by atoms with Gasteiger partial charge in [-0.25, -0.2) is 8.42 Å². The maximum Gasteiger partial charge on any atom is 0.169 e. The molecule has 0 N–H and O–H groups in total. The maximum absolute atomic E-state index is 10.6. The average molecular weight is 291 g/mol. The fraction of sp³-hybridized carbons (Fsp3) is 0.455. The summed E-state index contributed by atoms with van der Waals surface area (Å²) >= 11 is 5.91. The lowest BCUT2D eigenvalue weighted by Crippen LogP contribution is -2.33. The van der Waals surface area contributed by atoms with Gasteiger partial charge < -0.3 is 14.2 Å². The van der Waals surface area contributed by atoms with E-state index in [9.17, 15) is 13.0 Å². The van der Waals surface area contributed by atoms with E-state index in [0.29, 0.717) is 11.6 Å². The van der Waals surface area contributed by atoms with Gasteiger partial charge in [0.25, 0.3) is 0 Å². The van der Waals surface area contributed by atoms with Crippen molar-refractivity contribution in [2.45, 2.75) is 19.6 Å². The average Bonchev–Trinajstić information content (AvgIpc) is 2.54. The number of ether oxygens (including phenoxy) is 1. The van der Waals surface area contributed by atoms with Gasteiger partial charge in [0.15, 0.2) is 6.23 Å². The highest BCUT2D eigenvalue weighted by molar-refractivity contribution is 7.85. The van der Waals surface area contributed by atoms with Gasteiger partial charge in [0, 0.05) is 17.3 Å². The van der Waals surface area contributed by atoms with E-state index in [0.717, 1.165) is 11.4 Å². The molecule has 0 saturated carbocycles. The van der Waals surface area contributed by atoms with Crippen LogP contribution in [0.25, 0.3) is 0 Å². The number of rotatable bonds is 4. The van der Waals surface area contributed by atoms with Gasteiger partial charge in [-0.1, -0.05) is 11.6 Å². The Morgan fingerprint density at radius 1 is 1.50 bits per heavy atom. The lowest BCUT2D eigenvalue weighted by atomic mass is 10.2. The van der Waals surface area contributed by atoms with Crippen molar-refractivity contribution in [1.82, 2.24) is 0 Å². The van der Waals surface area contributed by atoms with Crippen LogP contribution in [0.2, 0.25) is 5.02 Å². The molecular formula is C11H13ClNO4S-. The molecule has 0 radical (unpaired) electrons. The normalized spacial score (nSPS) is 18.6. The number of halogens is 1. The van der Waals surface area contributed by atoms with Crippen molar-refractivity contribution in [3.63, 3.8) is 0 Å². The van der Waals surface area contributed by atoms with E-state index >= 15 is 0 Å². The Hall–Kier alpha value is -0.980.